The number of urea groups is 1. The molecule has 2 rings (SSSR count). The van der Waals surface area contributed by atoms with E-state index in [9.17, 15) is 9.59 Å². The molecule has 1 aromatic rings. The summed E-state index contributed by atoms with van der Waals surface area (Å²) < 4.78 is 0. The lowest BCUT2D eigenvalue weighted by molar-refractivity contribution is -0.120. The minimum atomic E-state index is -0.368. The van der Waals surface area contributed by atoms with Gasteiger partial charge in [-0.05, 0) is 12.1 Å². The summed E-state index contributed by atoms with van der Waals surface area (Å²) in [7, 11) is 0. The fraction of sp³-hybridized carbons (Fsp3) is 0.222. The highest BCUT2D eigenvalue weighted by Gasteiger charge is 2.23. The van der Waals surface area contributed by atoms with E-state index in [1.54, 1.807) is 24.5 Å². The maximum absolute atomic E-state index is 11.4. The zero-order valence-electron chi connectivity index (χ0n) is 7.43. The lowest BCUT2D eigenvalue weighted by atomic mass is 10.2. The molecule has 14 heavy (non-hydrogen) atoms. The first kappa shape index (κ1) is 8.68. The zero-order valence-corrected chi connectivity index (χ0v) is 7.43. The molecule has 1 aliphatic heterocycles. The first-order chi connectivity index (χ1) is 6.77. The van der Waals surface area contributed by atoms with E-state index in [0.29, 0.717) is 13.0 Å². The summed E-state index contributed by atoms with van der Waals surface area (Å²) in [5.74, 6) is -0.222. The van der Waals surface area contributed by atoms with Crippen LogP contribution in [0.1, 0.15) is 6.42 Å². The average Bonchev–Trinajstić information content (AvgIpc) is 2.19. The molecule has 1 aliphatic rings. The number of rotatable bonds is 1. The molecule has 0 spiro atoms. The number of nitrogens with zero attached hydrogens (tertiary/aromatic N) is 2. The standard InChI is InChI=1S/C9H9N3O2/c13-8-3-6-12(9(14)11-8)7-1-4-10-5-2-7/h1-2,4-5H,3,6H2,(H,11,13,14). The molecule has 1 aromatic heterocycles. The second kappa shape index (κ2) is 3.45. The van der Waals surface area contributed by atoms with Crippen molar-refractivity contribution in [3.63, 3.8) is 0 Å². The Labute approximate surface area is 80.7 Å². The van der Waals surface area contributed by atoms with E-state index in [2.05, 4.69) is 10.3 Å². The summed E-state index contributed by atoms with van der Waals surface area (Å²) >= 11 is 0. The van der Waals surface area contributed by atoms with Crippen molar-refractivity contribution >= 4 is 17.6 Å². The Morgan fingerprint density at radius 2 is 2.00 bits per heavy atom. The molecule has 0 unspecified atom stereocenters. The number of carbonyl (C=O) groups excluding carboxylic acids is 2. The maximum Gasteiger partial charge on any atom is 0.328 e. The molecular weight excluding hydrogens is 182 g/mol. The molecule has 0 saturated carbocycles. The van der Waals surface area contributed by atoms with Crippen LogP contribution in [-0.4, -0.2) is 23.5 Å². The Morgan fingerprint density at radius 1 is 1.29 bits per heavy atom. The van der Waals surface area contributed by atoms with Crippen molar-refractivity contribution in [2.45, 2.75) is 6.42 Å². The molecule has 0 bridgehead atoms. The monoisotopic (exact) mass is 191 g/mol. The Bertz CT molecular complexity index is 364. The average molecular weight is 191 g/mol. The van der Waals surface area contributed by atoms with Crippen LogP contribution in [0, 0.1) is 0 Å². The second-order valence-electron chi connectivity index (χ2n) is 2.96. The third-order valence-electron chi connectivity index (χ3n) is 2.03. The molecule has 2 heterocycles. The highest BCUT2D eigenvalue weighted by molar-refractivity contribution is 6.05. The van der Waals surface area contributed by atoms with Gasteiger partial charge < -0.3 is 0 Å². The zero-order chi connectivity index (χ0) is 9.97. The van der Waals surface area contributed by atoms with Crippen LogP contribution < -0.4 is 10.2 Å². The van der Waals surface area contributed by atoms with Crippen molar-refractivity contribution < 1.29 is 9.59 Å². The Kier molecular flexibility index (Phi) is 2.14. The molecule has 3 amide bonds. The van der Waals surface area contributed by atoms with Crippen LogP contribution in [0.5, 0.6) is 0 Å². The number of imide groups is 1. The van der Waals surface area contributed by atoms with Crippen LogP contribution in [0.2, 0.25) is 0 Å². The van der Waals surface area contributed by atoms with Gasteiger partial charge in [0, 0.05) is 31.0 Å². The summed E-state index contributed by atoms with van der Waals surface area (Å²) in [4.78, 5) is 27.6. The van der Waals surface area contributed by atoms with Crippen molar-refractivity contribution in [3.8, 4) is 0 Å². The van der Waals surface area contributed by atoms with Crippen molar-refractivity contribution in [3.05, 3.63) is 24.5 Å². The van der Waals surface area contributed by atoms with Crippen LogP contribution in [0.4, 0.5) is 10.5 Å². The first-order valence-electron chi connectivity index (χ1n) is 4.29. The van der Waals surface area contributed by atoms with Gasteiger partial charge in [0.2, 0.25) is 5.91 Å². The summed E-state index contributed by atoms with van der Waals surface area (Å²) in [6.07, 6.45) is 3.56. The van der Waals surface area contributed by atoms with E-state index in [0.717, 1.165) is 5.69 Å². The molecule has 0 radical (unpaired) electrons. The van der Waals surface area contributed by atoms with E-state index in [-0.39, 0.29) is 11.9 Å². The summed E-state index contributed by atoms with van der Waals surface area (Å²) in [5, 5.41) is 2.26. The molecular formula is C9H9N3O2. The van der Waals surface area contributed by atoms with Crippen molar-refractivity contribution in [2.75, 3.05) is 11.4 Å². The third kappa shape index (κ3) is 1.56. The van der Waals surface area contributed by atoms with E-state index < -0.39 is 0 Å². The summed E-state index contributed by atoms with van der Waals surface area (Å²) in [5.41, 5.74) is 0.755. The van der Waals surface area contributed by atoms with Crippen LogP contribution in [0.15, 0.2) is 24.5 Å². The molecule has 0 aliphatic carbocycles. The summed E-state index contributed by atoms with van der Waals surface area (Å²) in [6, 6.07) is 3.09. The van der Waals surface area contributed by atoms with Gasteiger partial charge in [0.05, 0.1) is 0 Å². The Balaban J connectivity index is 2.20. The quantitative estimate of drug-likeness (QED) is 0.704. The molecule has 1 saturated heterocycles. The molecule has 1 N–H and O–H groups in total. The van der Waals surface area contributed by atoms with Crippen molar-refractivity contribution in [2.24, 2.45) is 0 Å². The number of hydrogen-bond donors (Lipinski definition) is 1. The lowest BCUT2D eigenvalue weighted by Gasteiger charge is -2.26. The molecule has 72 valence electrons. The smallest absolute Gasteiger partial charge is 0.294 e. The topological polar surface area (TPSA) is 62.3 Å². The SMILES string of the molecule is O=C1CCN(c2ccncc2)C(=O)N1. The second-order valence-corrected chi connectivity index (χ2v) is 2.96. The van der Waals surface area contributed by atoms with Crippen LogP contribution in [0.25, 0.3) is 0 Å². The van der Waals surface area contributed by atoms with Gasteiger partial charge in [-0.15, -0.1) is 0 Å². The maximum atomic E-state index is 11.4. The predicted octanol–water partition coefficient (Wildman–Crippen LogP) is 0.528. The van der Waals surface area contributed by atoms with Gasteiger partial charge in [0.1, 0.15) is 0 Å². The molecule has 0 aromatic carbocycles. The number of hydrogen-bond acceptors (Lipinski definition) is 3. The molecule has 1 fully saturated rings. The van der Waals surface area contributed by atoms with Gasteiger partial charge in [0.15, 0.2) is 0 Å². The lowest BCUT2D eigenvalue weighted by Crippen LogP contribution is -2.49. The fourth-order valence-electron chi connectivity index (χ4n) is 1.33. The normalized spacial score (nSPS) is 16.7. The predicted molar refractivity (Wildman–Crippen MR) is 49.7 cm³/mol. The van der Waals surface area contributed by atoms with Crippen molar-refractivity contribution in [1.29, 1.82) is 0 Å². The largest absolute Gasteiger partial charge is 0.328 e. The van der Waals surface area contributed by atoms with E-state index in [4.69, 9.17) is 0 Å². The van der Waals surface area contributed by atoms with Crippen molar-refractivity contribution in [1.82, 2.24) is 10.3 Å². The van der Waals surface area contributed by atoms with Gasteiger partial charge in [-0.1, -0.05) is 0 Å². The fourth-order valence-corrected chi connectivity index (χ4v) is 1.33. The molecule has 0 atom stereocenters. The minimum Gasteiger partial charge on any atom is -0.294 e. The Morgan fingerprint density at radius 3 is 2.64 bits per heavy atom. The highest BCUT2D eigenvalue weighted by atomic mass is 16.2. The van der Waals surface area contributed by atoms with Gasteiger partial charge in [-0.25, -0.2) is 4.79 Å². The van der Waals surface area contributed by atoms with E-state index >= 15 is 0 Å². The van der Waals surface area contributed by atoms with Crippen LogP contribution >= 0.6 is 0 Å². The van der Waals surface area contributed by atoms with E-state index in [1.807, 2.05) is 0 Å². The number of aromatic nitrogens is 1. The third-order valence-corrected chi connectivity index (χ3v) is 2.03. The van der Waals surface area contributed by atoms with Crippen LogP contribution in [0.3, 0.4) is 0 Å². The number of amides is 3. The van der Waals surface area contributed by atoms with Gasteiger partial charge in [-0.3, -0.25) is 20.0 Å². The van der Waals surface area contributed by atoms with Gasteiger partial charge in [0.25, 0.3) is 0 Å². The minimum absolute atomic E-state index is 0.222. The van der Waals surface area contributed by atoms with Gasteiger partial charge >= 0.3 is 6.03 Å². The highest BCUT2D eigenvalue weighted by Crippen LogP contribution is 2.14. The number of nitrogens with one attached hydrogen (secondary N) is 1. The first-order valence-corrected chi connectivity index (χ1v) is 4.29. The number of carbonyl (C=O) groups is 2. The molecule has 5 heteroatoms. The van der Waals surface area contributed by atoms with Gasteiger partial charge in [-0.2, -0.15) is 0 Å². The number of pyridine rings is 1. The number of anilines is 1. The summed E-state index contributed by atoms with van der Waals surface area (Å²) in [6.45, 7) is 0.425. The van der Waals surface area contributed by atoms with Crippen LogP contribution in [-0.2, 0) is 4.79 Å². The molecule has 5 nitrogen and oxygen atoms in total. The van der Waals surface area contributed by atoms with E-state index in [1.165, 1.54) is 4.90 Å². The Hall–Kier alpha value is -1.91.